The van der Waals surface area contributed by atoms with Crippen molar-refractivity contribution in [1.82, 2.24) is 20.4 Å². The molecule has 1 aliphatic carbocycles. The molecule has 0 radical (unpaired) electrons. The number of hydrogen-bond donors (Lipinski definition) is 2. The molecule has 2 fully saturated rings. The van der Waals surface area contributed by atoms with Crippen molar-refractivity contribution in [3.05, 3.63) is 35.9 Å². The molecular weight excluding hydrogens is 481 g/mol. The van der Waals surface area contributed by atoms with Crippen molar-refractivity contribution in [2.45, 2.75) is 37.1 Å². The van der Waals surface area contributed by atoms with Crippen LogP contribution in [0.5, 0.6) is 0 Å². The molecule has 1 aromatic rings. The van der Waals surface area contributed by atoms with Gasteiger partial charge in [-0.1, -0.05) is 30.3 Å². The van der Waals surface area contributed by atoms with E-state index in [4.69, 9.17) is 0 Å². The van der Waals surface area contributed by atoms with E-state index < -0.39 is 0 Å². The van der Waals surface area contributed by atoms with E-state index in [-0.39, 0.29) is 24.0 Å². The predicted molar refractivity (Wildman–Crippen MR) is 133 cm³/mol. The maximum Gasteiger partial charge on any atom is 0.191 e. The van der Waals surface area contributed by atoms with Gasteiger partial charge in [-0.2, -0.15) is 11.8 Å². The summed E-state index contributed by atoms with van der Waals surface area (Å²) in [5.74, 6) is 0.962. The molecular formula is C21H36IN5S. The number of thioether (sulfide) groups is 1. The van der Waals surface area contributed by atoms with Crippen molar-refractivity contribution in [2.24, 2.45) is 4.99 Å². The van der Waals surface area contributed by atoms with Crippen LogP contribution >= 0.6 is 35.7 Å². The Labute approximate surface area is 192 Å². The van der Waals surface area contributed by atoms with Gasteiger partial charge >= 0.3 is 0 Å². The zero-order chi connectivity index (χ0) is 18.9. The normalized spacial score (nSPS) is 24.0. The van der Waals surface area contributed by atoms with Crippen LogP contribution < -0.4 is 10.6 Å². The van der Waals surface area contributed by atoms with E-state index in [1.807, 2.05) is 18.8 Å². The quantitative estimate of drug-likeness (QED) is 0.331. The summed E-state index contributed by atoms with van der Waals surface area (Å²) in [5.41, 5.74) is 1.41. The average molecular weight is 518 g/mol. The largest absolute Gasteiger partial charge is 0.355 e. The first-order chi connectivity index (χ1) is 13.3. The van der Waals surface area contributed by atoms with E-state index >= 15 is 0 Å². The van der Waals surface area contributed by atoms with E-state index in [1.54, 1.807) is 0 Å². The van der Waals surface area contributed by atoms with Gasteiger partial charge in [-0.25, -0.2) is 0 Å². The van der Waals surface area contributed by atoms with Crippen LogP contribution in [0.2, 0.25) is 0 Å². The van der Waals surface area contributed by atoms with E-state index in [2.05, 4.69) is 62.0 Å². The number of piperazine rings is 1. The molecule has 28 heavy (non-hydrogen) atoms. The number of benzene rings is 1. The Morgan fingerprint density at radius 2 is 1.82 bits per heavy atom. The first-order valence-electron chi connectivity index (χ1n) is 10.3. The number of halogens is 1. The lowest BCUT2D eigenvalue weighted by molar-refractivity contribution is 0.129. The topological polar surface area (TPSA) is 42.9 Å². The van der Waals surface area contributed by atoms with E-state index in [9.17, 15) is 0 Å². The molecule has 3 rings (SSSR count). The zero-order valence-electron chi connectivity index (χ0n) is 17.3. The summed E-state index contributed by atoms with van der Waals surface area (Å²) in [7, 11) is 1.87. The lowest BCUT2D eigenvalue weighted by Crippen LogP contribution is -2.49. The van der Waals surface area contributed by atoms with Crippen molar-refractivity contribution >= 4 is 41.7 Å². The van der Waals surface area contributed by atoms with Crippen molar-refractivity contribution in [2.75, 3.05) is 52.6 Å². The van der Waals surface area contributed by atoms with Gasteiger partial charge in [0.25, 0.3) is 0 Å². The summed E-state index contributed by atoms with van der Waals surface area (Å²) in [4.78, 5) is 9.52. The predicted octanol–water partition coefficient (Wildman–Crippen LogP) is 2.87. The fourth-order valence-corrected chi connectivity index (χ4v) is 4.81. The standard InChI is InChI=1S/C21H35N5S.HI/c1-22-21(24-19-8-9-20(16-19)27-2)23-10-11-25-12-14-26(15-13-25)17-18-6-4-3-5-7-18;/h3-7,19-20H,8-17H2,1-2H3,(H2,22,23,24);1H. The highest BCUT2D eigenvalue weighted by atomic mass is 127. The first-order valence-corrected chi connectivity index (χ1v) is 11.5. The van der Waals surface area contributed by atoms with Gasteiger partial charge in [0.05, 0.1) is 0 Å². The Balaban J connectivity index is 0.00000280. The molecule has 1 saturated carbocycles. The summed E-state index contributed by atoms with van der Waals surface area (Å²) in [5, 5.41) is 7.92. The minimum atomic E-state index is 0. The minimum absolute atomic E-state index is 0. The van der Waals surface area contributed by atoms with E-state index in [0.717, 1.165) is 57.0 Å². The summed E-state index contributed by atoms with van der Waals surface area (Å²) in [6.45, 7) is 7.72. The molecule has 1 aliphatic heterocycles. The van der Waals surface area contributed by atoms with Crippen molar-refractivity contribution in [1.29, 1.82) is 0 Å². The van der Waals surface area contributed by atoms with Crippen LogP contribution in [0.3, 0.4) is 0 Å². The highest BCUT2D eigenvalue weighted by molar-refractivity contribution is 14.0. The molecule has 0 bridgehead atoms. The van der Waals surface area contributed by atoms with Gasteiger partial charge in [0.1, 0.15) is 0 Å². The number of hydrogen-bond acceptors (Lipinski definition) is 4. The molecule has 1 aromatic carbocycles. The molecule has 0 spiro atoms. The number of aliphatic imine (C=N–C) groups is 1. The van der Waals surface area contributed by atoms with Gasteiger partial charge in [-0.3, -0.25) is 14.8 Å². The van der Waals surface area contributed by atoms with Crippen LogP contribution in [0.1, 0.15) is 24.8 Å². The van der Waals surface area contributed by atoms with Crippen LogP contribution in [0, 0.1) is 0 Å². The van der Waals surface area contributed by atoms with Crippen LogP contribution in [-0.2, 0) is 6.54 Å². The molecule has 2 aliphatic rings. The number of rotatable bonds is 7. The summed E-state index contributed by atoms with van der Waals surface area (Å²) >= 11 is 2.00. The highest BCUT2D eigenvalue weighted by Gasteiger charge is 2.24. The van der Waals surface area contributed by atoms with Gasteiger partial charge in [0.2, 0.25) is 0 Å². The Bertz CT molecular complexity index is 577. The molecule has 2 atom stereocenters. The molecule has 5 nitrogen and oxygen atoms in total. The maximum absolute atomic E-state index is 4.40. The second-order valence-corrected chi connectivity index (χ2v) is 8.75. The Morgan fingerprint density at radius 3 is 2.46 bits per heavy atom. The lowest BCUT2D eigenvalue weighted by atomic mass is 10.2. The fourth-order valence-electron chi connectivity index (χ4n) is 4.02. The zero-order valence-corrected chi connectivity index (χ0v) is 20.4. The molecule has 2 unspecified atom stereocenters. The van der Waals surface area contributed by atoms with Crippen molar-refractivity contribution in [3.63, 3.8) is 0 Å². The van der Waals surface area contributed by atoms with Crippen molar-refractivity contribution < 1.29 is 0 Å². The lowest BCUT2D eigenvalue weighted by Gasteiger charge is -2.34. The maximum atomic E-state index is 4.40. The van der Waals surface area contributed by atoms with E-state index in [1.165, 1.54) is 24.8 Å². The Morgan fingerprint density at radius 1 is 1.11 bits per heavy atom. The monoisotopic (exact) mass is 517 g/mol. The Hall–Kier alpha value is -0.510. The molecule has 1 heterocycles. The first kappa shape index (κ1) is 23.8. The third-order valence-corrected chi connectivity index (χ3v) is 6.81. The Kier molecular flexibility index (Phi) is 11.0. The summed E-state index contributed by atoms with van der Waals surface area (Å²) in [6, 6.07) is 11.4. The smallest absolute Gasteiger partial charge is 0.191 e. The highest BCUT2D eigenvalue weighted by Crippen LogP contribution is 2.27. The SMILES string of the molecule is CN=C(NCCN1CCN(Cc2ccccc2)CC1)NC1CCC(SC)C1.I. The molecule has 0 amide bonds. The second-order valence-electron chi connectivity index (χ2n) is 7.61. The second kappa shape index (κ2) is 12.9. The number of nitrogens with zero attached hydrogens (tertiary/aromatic N) is 3. The van der Waals surface area contributed by atoms with Gasteiger partial charge < -0.3 is 10.6 Å². The van der Waals surface area contributed by atoms with Gasteiger partial charge in [0, 0.05) is 64.2 Å². The number of nitrogens with one attached hydrogen (secondary N) is 2. The van der Waals surface area contributed by atoms with Crippen LogP contribution in [-0.4, -0.2) is 79.6 Å². The van der Waals surface area contributed by atoms with Gasteiger partial charge in [0.15, 0.2) is 5.96 Å². The van der Waals surface area contributed by atoms with Gasteiger partial charge in [-0.15, -0.1) is 24.0 Å². The third-order valence-electron chi connectivity index (χ3n) is 5.72. The van der Waals surface area contributed by atoms with Crippen LogP contribution in [0.25, 0.3) is 0 Å². The molecule has 2 N–H and O–H groups in total. The number of guanidine groups is 1. The van der Waals surface area contributed by atoms with Crippen LogP contribution in [0.4, 0.5) is 0 Å². The fraction of sp³-hybridized carbons (Fsp3) is 0.667. The van der Waals surface area contributed by atoms with Crippen molar-refractivity contribution in [3.8, 4) is 0 Å². The van der Waals surface area contributed by atoms with Gasteiger partial charge in [-0.05, 0) is 31.1 Å². The molecule has 1 saturated heterocycles. The molecule has 0 aromatic heterocycles. The van der Waals surface area contributed by atoms with Crippen LogP contribution in [0.15, 0.2) is 35.3 Å². The summed E-state index contributed by atoms with van der Waals surface area (Å²) < 4.78 is 0. The third kappa shape index (κ3) is 7.72. The van der Waals surface area contributed by atoms with E-state index in [0.29, 0.717) is 6.04 Å². The molecule has 7 heteroatoms. The molecule has 158 valence electrons. The average Bonchev–Trinajstić information content (AvgIpc) is 3.17. The summed E-state index contributed by atoms with van der Waals surface area (Å²) in [6.07, 6.45) is 6.06. The minimum Gasteiger partial charge on any atom is -0.355 e.